The monoisotopic (exact) mass is 333 g/mol. The summed E-state index contributed by atoms with van der Waals surface area (Å²) >= 11 is 3.30. The number of nitrogens with zero attached hydrogens (tertiary/aromatic N) is 1. The third-order valence-electron chi connectivity index (χ3n) is 2.72. The van der Waals surface area contributed by atoms with E-state index in [1.165, 1.54) is 6.92 Å². The van der Waals surface area contributed by atoms with Gasteiger partial charge in [-0.2, -0.15) is 0 Å². The number of halogens is 1. The number of aliphatic hydroxyl groups excluding tert-OH is 1. The van der Waals surface area contributed by atoms with E-state index in [1.807, 2.05) is 0 Å². The number of aliphatic hydroxyl groups is 1. The van der Waals surface area contributed by atoms with Gasteiger partial charge in [0, 0.05) is 9.86 Å². The summed E-state index contributed by atoms with van der Waals surface area (Å²) in [6.07, 6.45) is 0. The molecule has 98 valence electrons. The molecule has 1 aromatic heterocycles. The fourth-order valence-electron chi connectivity index (χ4n) is 1.51. The summed E-state index contributed by atoms with van der Waals surface area (Å²) in [4.78, 5) is 0. The topological polar surface area (TPSA) is 80.4 Å². The molecular weight excluding hydrogens is 322 g/mol. The molecule has 0 aliphatic rings. The van der Waals surface area contributed by atoms with Crippen LogP contribution < -0.4 is 0 Å². The zero-order valence-corrected chi connectivity index (χ0v) is 12.0. The van der Waals surface area contributed by atoms with Gasteiger partial charge in [0.15, 0.2) is 15.4 Å². The third kappa shape index (κ3) is 2.57. The molecule has 0 saturated carbocycles. The molecule has 2 aromatic rings. The number of rotatable bonds is 4. The van der Waals surface area contributed by atoms with Crippen molar-refractivity contribution in [2.24, 2.45) is 0 Å². The summed E-state index contributed by atoms with van der Waals surface area (Å²) in [5, 5.41) is 12.6. The lowest BCUT2D eigenvalue weighted by Crippen LogP contribution is -2.23. The normalized spacial score (nSPS) is 13.9. The van der Waals surface area contributed by atoms with Gasteiger partial charge in [0.2, 0.25) is 0 Å². The number of sulfone groups is 1. The van der Waals surface area contributed by atoms with Crippen molar-refractivity contribution in [1.82, 2.24) is 5.16 Å². The van der Waals surface area contributed by atoms with Crippen LogP contribution in [-0.2, 0) is 15.6 Å². The number of aromatic nitrogens is 1. The van der Waals surface area contributed by atoms with Gasteiger partial charge in [0.05, 0.1) is 17.6 Å². The molecule has 0 amide bonds. The highest BCUT2D eigenvalue weighted by Crippen LogP contribution is 2.24. The lowest BCUT2D eigenvalue weighted by molar-refractivity contribution is 0.295. The minimum Gasteiger partial charge on any atom is -0.395 e. The van der Waals surface area contributed by atoms with E-state index in [0.717, 1.165) is 4.47 Å². The van der Waals surface area contributed by atoms with Crippen molar-refractivity contribution in [3.05, 3.63) is 28.4 Å². The third-order valence-corrected chi connectivity index (χ3v) is 5.26. The minimum absolute atomic E-state index is 0.233. The van der Waals surface area contributed by atoms with Crippen LogP contribution in [-0.4, -0.2) is 30.5 Å². The van der Waals surface area contributed by atoms with Crippen molar-refractivity contribution in [2.45, 2.75) is 17.9 Å². The molecule has 7 heteroatoms. The quantitative estimate of drug-likeness (QED) is 0.923. The van der Waals surface area contributed by atoms with Crippen molar-refractivity contribution < 1.29 is 18.0 Å². The Morgan fingerprint density at radius 3 is 2.89 bits per heavy atom. The van der Waals surface area contributed by atoms with Gasteiger partial charge in [-0.05, 0) is 25.1 Å². The van der Waals surface area contributed by atoms with Gasteiger partial charge in [0.25, 0.3) is 0 Å². The Kier molecular flexibility index (Phi) is 3.74. The Labute approximate surface area is 113 Å². The predicted octanol–water partition coefficient (Wildman–Crippen LogP) is 1.89. The molecule has 0 radical (unpaired) electrons. The molecule has 1 atom stereocenters. The van der Waals surface area contributed by atoms with Crippen LogP contribution in [0.4, 0.5) is 0 Å². The molecule has 5 nitrogen and oxygen atoms in total. The molecule has 0 fully saturated rings. The first-order valence-electron chi connectivity index (χ1n) is 5.30. The second-order valence-corrected chi connectivity index (χ2v) is 7.40. The van der Waals surface area contributed by atoms with E-state index >= 15 is 0 Å². The number of hydrogen-bond acceptors (Lipinski definition) is 5. The first kappa shape index (κ1) is 13.5. The molecule has 1 N–H and O–H groups in total. The van der Waals surface area contributed by atoms with E-state index in [9.17, 15) is 8.42 Å². The van der Waals surface area contributed by atoms with Crippen LogP contribution in [0.3, 0.4) is 0 Å². The maximum absolute atomic E-state index is 11.9. The Balaban J connectivity index is 2.39. The highest BCUT2D eigenvalue weighted by Gasteiger charge is 2.23. The molecule has 1 unspecified atom stereocenters. The van der Waals surface area contributed by atoms with Crippen molar-refractivity contribution in [3.8, 4) is 0 Å². The summed E-state index contributed by atoms with van der Waals surface area (Å²) in [5.41, 5.74) is 0.907. The molecule has 0 aliphatic heterocycles. The number of benzene rings is 1. The summed E-state index contributed by atoms with van der Waals surface area (Å²) in [7, 11) is -3.42. The van der Waals surface area contributed by atoms with Crippen LogP contribution in [0.25, 0.3) is 11.0 Å². The highest BCUT2D eigenvalue weighted by atomic mass is 79.9. The summed E-state index contributed by atoms with van der Waals surface area (Å²) in [6, 6.07) is 5.28. The molecule has 1 heterocycles. The van der Waals surface area contributed by atoms with Gasteiger partial charge in [-0.25, -0.2) is 8.42 Å². The standard InChI is InChI=1S/C11H12BrNO4S/c1-7(5-14)18(15,16)6-10-9-3-2-8(12)4-11(9)17-13-10/h2-4,7,14H,5-6H2,1H3. The molecule has 0 saturated heterocycles. The second kappa shape index (κ2) is 4.99. The summed E-state index contributed by atoms with van der Waals surface area (Å²) < 4.78 is 29.7. The average molecular weight is 334 g/mol. The number of fused-ring (bicyclic) bond motifs is 1. The zero-order valence-electron chi connectivity index (χ0n) is 9.63. The predicted molar refractivity (Wildman–Crippen MR) is 70.9 cm³/mol. The summed E-state index contributed by atoms with van der Waals surface area (Å²) in [5.74, 6) is -0.233. The van der Waals surface area contributed by atoms with Gasteiger partial charge < -0.3 is 9.63 Å². The lowest BCUT2D eigenvalue weighted by atomic mass is 10.2. The van der Waals surface area contributed by atoms with Crippen LogP contribution in [0.2, 0.25) is 0 Å². The van der Waals surface area contributed by atoms with E-state index in [2.05, 4.69) is 21.1 Å². The van der Waals surface area contributed by atoms with E-state index in [0.29, 0.717) is 16.7 Å². The van der Waals surface area contributed by atoms with E-state index in [-0.39, 0.29) is 5.75 Å². The van der Waals surface area contributed by atoms with Crippen LogP contribution in [0.5, 0.6) is 0 Å². The fourth-order valence-corrected chi connectivity index (χ4v) is 2.96. The van der Waals surface area contributed by atoms with E-state index in [4.69, 9.17) is 9.63 Å². The van der Waals surface area contributed by atoms with Crippen LogP contribution in [0.15, 0.2) is 27.2 Å². The highest BCUT2D eigenvalue weighted by molar-refractivity contribution is 9.10. The Morgan fingerprint density at radius 2 is 2.22 bits per heavy atom. The fraction of sp³-hybridized carbons (Fsp3) is 0.364. The maximum atomic E-state index is 11.9. The SMILES string of the molecule is CC(CO)S(=O)(=O)Cc1noc2cc(Br)ccc12. The van der Waals surface area contributed by atoms with Crippen molar-refractivity contribution in [3.63, 3.8) is 0 Å². The second-order valence-electron chi connectivity index (χ2n) is 4.07. The Morgan fingerprint density at radius 1 is 1.50 bits per heavy atom. The first-order chi connectivity index (χ1) is 8.44. The summed E-state index contributed by atoms with van der Waals surface area (Å²) in [6.45, 7) is 1.07. The smallest absolute Gasteiger partial charge is 0.168 e. The largest absolute Gasteiger partial charge is 0.395 e. The van der Waals surface area contributed by atoms with Crippen LogP contribution in [0, 0.1) is 0 Å². The lowest BCUT2D eigenvalue weighted by Gasteiger charge is -2.07. The van der Waals surface area contributed by atoms with Crippen LogP contribution >= 0.6 is 15.9 Å². The number of hydrogen-bond donors (Lipinski definition) is 1. The molecule has 0 aliphatic carbocycles. The van der Waals surface area contributed by atoms with Gasteiger partial charge in [-0.15, -0.1) is 0 Å². The van der Waals surface area contributed by atoms with Crippen LogP contribution in [0.1, 0.15) is 12.6 Å². The molecular formula is C11H12BrNO4S. The van der Waals surface area contributed by atoms with Gasteiger partial charge in [0.1, 0.15) is 5.69 Å². The average Bonchev–Trinajstić information content (AvgIpc) is 2.69. The molecule has 18 heavy (non-hydrogen) atoms. The molecule has 2 rings (SSSR count). The van der Waals surface area contributed by atoms with Gasteiger partial charge in [-0.3, -0.25) is 0 Å². The zero-order chi connectivity index (χ0) is 13.3. The van der Waals surface area contributed by atoms with E-state index in [1.54, 1.807) is 18.2 Å². The first-order valence-corrected chi connectivity index (χ1v) is 7.81. The van der Waals surface area contributed by atoms with Gasteiger partial charge >= 0.3 is 0 Å². The maximum Gasteiger partial charge on any atom is 0.168 e. The van der Waals surface area contributed by atoms with E-state index < -0.39 is 21.7 Å². The Hall–Kier alpha value is -0.920. The molecule has 1 aromatic carbocycles. The van der Waals surface area contributed by atoms with Crippen molar-refractivity contribution in [2.75, 3.05) is 6.61 Å². The van der Waals surface area contributed by atoms with Gasteiger partial charge in [-0.1, -0.05) is 21.1 Å². The van der Waals surface area contributed by atoms with Crippen molar-refractivity contribution >= 4 is 36.7 Å². The Bertz CT molecular complexity index is 665. The molecule has 0 spiro atoms. The minimum atomic E-state index is -3.42. The van der Waals surface area contributed by atoms with Crippen molar-refractivity contribution in [1.29, 1.82) is 0 Å². The molecule has 0 bridgehead atoms.